The lowest BCUT2D eigenvalue weighted by molar-refractivity contribution is -0.242. The first kappa shape index (κ1) is 17.7. The molecule has 2 rings (SSSR count). The average molecular weight is 336 g/mol. The van der Waals surface area contributed by atoms with Gasteiger partial charge in [-0.05, 0) is 36.7 Å². The van der Waals surface area contributed by atoms with Crippen LogP contribution in [0.3, 0.4) is 0 Å². The van der Waals surface area contributed by atoms with Crippen LogP contribution in [0.25, 0.3) is 11.1 Å². The topological polar surface area (TPSA) is 27.7 Å². The highest BCUT2D eigenvalue weighted by Crippen LogP contribution is 2.22. The summed E-state index contributed by atoms with van der Waals surface area (Å²) in [6.07, 6.45) is 0. The molecule has 0 aliphatic heterocycles. The molecule has 0 fully saturated rings. The van der Waals surface area contributed by atoms with Crippen LogP contribution in [0.2, 0.25) is 0 Å². The van der Waals surface area contributed by atoms with Crippen molar-refractivity contribution in [1.82, 2.24) is 0 Å². The summed E-state index contributed by atoms with van der Waals surface area (Å²) in [5.41, 5.74) is 1.05. The Morgan fingerprint density at radius 2 is 1.61 bits per heavy atom. The van der Waals surface area contributed by atoms with Crippen LogP contribution in [0.1, 0.15) is 13.8 Å². The Balaban J connectivity index is 2.01. The maximum absolute atomic E-state index is 13.8. The lowest BCUT2D eigenvalue weighted by Gasteiger charge is -2.16. The molecule has 0 atom stereocenters. The molecular weight excluding hydrogens is 318 g/mol. The Hall–Kier alpha value is -1.60. The zero-order valence-corrected chi connectivity index (χ0v) is 14.0. The van der Waals surface area contributed by atoms with Gasteiger partial charge in [-0.1, -0.05) is 24.3 Å². The minimum Gasteiger partial charge on any atom is -0.366 e. The molecule has 2 radical (unpaired) electrons. The van der Waals surface area contributed by atoms with Crippen molar-refractivity contribution in [2.45, 2.75) is 20.3 Å². The number of hydrogen-bond acceptors (Lipinski definition) is 3. The quantitative estimate of drug-likeness (QED) is 0.547. The van der Waals surface area contributed by atoms with Crippen molar-refractivity contribution in [3.63, 3.8) is 0 Å². The van der Waals surface area contributed by atoms with E-state index in [0.717, 1.165) is 11.3 Å². The highest BCUT2D eigenvalue weighted by molar-refractivity contribution is 6.46. The molecule has 0 heterocycles. The van der Waals surface area contributed by atoms with E-state index in [1.54, 1.807) is 12.1 Å². The molecule has 3 nitrogen and oxygen atoms in total. The van der Waals surface area contributed by atoms with Crippen LogP contribution in [0.15, 0.2) is 42.5 Å². The van der Waals surface area contributed by atoms with E-state index in [2.05, 4.69) is 0 Å². The fraction of sp³-hybridized carbons (Fsp3) is 0.294. The predicted molar refractivity (Wildman–Crippen MR) is 85.3 cm³/mol. The number of rotatable bonds is 8. The average Bonchev–Trinajstić information content (AvgIpc) is 2.54. The Morgan fingerprint density at radius 1 is 0.957 bits per heavy atom. The van der Waals surface area contributed by atoms with Crippen molar-refractivity contribution in [1.29, 1.82) is 0 Å². The molecular formula is C17H18F2O3Si. The summed E-state index contributed by atoms with van der Waals surface area (Å²) < 4.78 is 42.9. The number of hydrogen-bond donors (Lipinski definition) is 0. The van der Waals surface area contributed by atoms with Crippen LogP contribution in [0.5, 0.6) is 0 Å². The molecule has 0 aliphatic rings. The van der Waals surface area contributed by atoms with E-state index in [1.807, 2.05) is 26.0 Å². The van der Waals surface area contributed by atoms with Gasteiger partial charge in [-0.15, -0.1) is 0 Å². The molecule has 0 aliphatic carbocycles. The first-order valence-corrected chi connectivity index (χ1v) is 8.25. The maximum Gasteiger partial charge on any atom is 0.275 e. The largest absolute Gasteiger partial charge is 0.366 e. The predicted octanol–water partition coefficient (Wildman–Crippen LogP) is 3.25. The van der Waals surface area contributed by atoms with Crippen LogP contribution >= 0.6 is 0 Å². The van der Waals surface area contributed by atoms with E-state index < -0.39 is 18.1 Å². The smallest absolute Gasteiger partial charge is 0.275 e. The van der Waals surface area contributed by atoms with Crippen molar-refractivity contribution in [2.75, 3.05) is 13.2 Å². The molecule has 122 valence electrons. The minimum absolute atomic E-state index is 0.0500. The highest BCUT2D eigenvalue weighted by atomic mass is 28.2. The molecule has 0 saturated carbocycles. The number of ether oxygens (including phenoxy) is 2. The monoisotopic (exact) mass is 336 g/mol. The number of benzene rings is 2. The van der Waals surface area contributed by atoms with E-state index in [0.29, 0.717) is 24.3 Å². The van der Waals surface area contributed by atoms with Crippen molar-refractivity contribution >= 4 is 14.9 Å². The molecule has 0 aromatic heterocycles. The summed E-state index contributed by atoms with van der Waals surface area (Å²) >= 11 is 0. The second kappa shape index (κ2) is 8.88. The van der Waals surface area contributed by atoms with Crippen LogP contribution in [-0.2, 0) is 13.9 Å². The van der Waals surface area contributed by atoms with E-state index in [-0.39, 0.29) is 9.76 Å². The van der Waals surface area contributed by atoms with Crippen LogP contribution < -0.4 is 5.19 Å². The fourth-order valence-corrected chi connectivity index (χ4v) is 2.62. The van der Waals surface area contributed by atoms with Crippen molar-refractivity contribution in [3.8, 4) is 11.1 Å². The van der Waals surface area contributed by atoms with Gasteiger partial charge in [-0.3, -0.25) is 0 Å². The van der Waals surface area contributed by atoms with Gasteiger partial charge >= 0.3 is 0 Å². The Kier molecular flexibility index (Phi) is 6.85. The zero-order chi connectivity index (χ0) is 16.7. The van der Waals surface area contributed by atoms with E-state index in [1.165, 1.54) is 12.1 Å². The Morgan fingerprint density at radius 3 is 2.17 bits per heavy atom. The first-order valence-electron chi connectivity index (χ1n) is 7.34. The summed E-state index contributed by atoms with van der Waals surface area (Å²) in [5, 5.41) is 0.931. The van der Waals surface area contributed by atoms with Crippen molar-refractivity contribution in [3.05, 3.63) is 54.1 Å². The fourth-order valence-electron chi connectivity index (χ4n) is 1.95. The summed E-state index contributed by atoms with van der Waals surface area (Å²) in [5.74, 6) is -1.17. The van der Waals surface area contributed by atoms with Gasteiger partial charge in [0.2, 0.25) is 0 Å². The minimum atomic E-state index is -0.683. The Bertz CT molecular complexity index is 614. The van der Waals surface area contributed by atoms with Crippen LogP contribution in [0, 0.1) is 11.6 Å². The van der Waals surface area contributed by atoms with Gasteiger partial charge < -0.3 is 13.9 Å². The maximum atomic E-state index is 13.8. The van der Waals surface area contributed by atoms with Crippen LogP contribution in [-0.4, -0.2) is 29.5 Å². The summed E-state index contributed by atoms with van der Waals surface area (Å²) in [7, 11) is 0.0500. The zero-order valence-electron chi connectivity index (χ0n) is 13.0. The SMILES string of the molecule is CCOC(OCC)O[Si]c1ccc(-c2ccc(F)cc2F)cc1. The molecule has 2 aromatic carbocycles. The summed E-state index contributed by atoms with van der Waals surface area (Å²) in [6.45, 7) is 4.04. The van der Waals surface area contributed by atoms with Gasteiger partial charge in [0, 0.05) is 24.8 Å². The van der Waals surface area contributed by atoms with Crippen molar-refractivity contribution < 1.29 is 22.7 Å². The molecule has 0 unspecified atom stereocenters. The van der Waals surface area contributed by atoms with E-state index >= 15 is 0 Å². The Labute approximate surface area is 137 Å². The van der Waals surface area contributed by atoms with Gasteiger partial charge in [0.05, 0.1) is 0 Å². The summed E-state index contributed by atoms with van der Waals surface area (Å²) in [6, 6.07) is 10.8. The molecule has 0 spiro atoms. The van der Waals surface area contributed by atoms with Gasteiger partial charge in [-0.2, -0.15) is 0 Å². The van der Waals surface area contributed by atoms with Crippen molar-refractivity contribution in [2.24, 2.45) is 0 Å². The third kappa shape index (κ3) is 5.21. The number of halogens is 2. The molecule has 0 bridgehead atoms. The summed E-state index contributed by atoms with van der Waals surface area (Å²) in [4.78, 5) is 0. The van der Waals surface area contributed by atoms with Gasteiger partial charge in [0.1, 0.15) is 11.6 Å². The van der Waals surface area contributed by atoms with Gasteiger partial charge in [0.25, 0.3) is 16.2 Å². The lowest BCUT2D eigenvalue weighted by atomic mass is 10.1. The van der Waals surface area contributed by atoms with Gasteiger partial charge in [0.15, 0.2) is 0 Å². The normalized spacial score (nSPS) is 11.2. The highest BCUT2D eigenvalue weighted by Gasteiger charge is 2.10. The molecule has 0 amide bonds. The molecule has 6 heteroatoms. The third-order valence-electron chi connectivity index (χ3n) is 3.01. The standard InChI is InChI=1S/C17H18F2O3Si/c1-3-20-17(21-4-2)22-23-14-8-5-12(6-9-14)15-10-7-13(18)11-16(15)19/h5-11,17H,3-4H2,1-2H3. The van der Waals surface area contributed by atoms with E-state index in [9.17, 15) is 8.78 Å². The van der Waals surface area contributed by atoms with Gasteiger partial charge in [-0.25, -0.2) is 8.78 Å². The second-order valence-corrected chi connectivity index (χ2v) is 5.64. The first-order chi connectivity index (χ1) is 11.1. The second-order valence-electron chi connectivity index (χ2n) is 4.62. The molecule has 0 saturated heterocycles. The van der Waals surface area contributed by atoms with E-state index in [4.69, 9.17) is 13.9 Å². The molecule has 2 aromatic rings. The third-order valence-corrected chi connectivity index (χ3v) is 3.88. The lowest BCUT2D eigenvalue weighted by Crippen LogP contribution is -2.28. The van der Waals surface area contributed by atoms with Crippen LogP contribution in [0.4, 0.5) is 8.78 Å². The molecule has 0 N–H and O–H groups in total. The molecule has 23 heavy (non-hydrogen) atoms.